The molecule has 1 fully saturated rings. The van der Waals surface area contributed by atoms with Gasteiger partial charge in [0.05, 0.1) is 11.9 Å². The zero-order valence-electron chi connectivity index (χ0n) is 20.1. The van der Waals surface area contributed by atoms with Crippen molar-refractivity contribution >= 4 is 11.8 Å². The lowest BCUT2D eigenvalue weighted by molar-refractivity contribution is -0.274. The molecule has 1 aromatic carbocycles. The first-order valence-electron chi connectivity index (χ1n) is 12.1. The summed E-state index contributed by atoms with van der Waals surface area (Å²) in [5.41, 5.74) is 1.63. The van der Waals surface area contributed by atoms with E-state index in [4.69, 9.17) is 0 Å². The number of nitriles is 1. The van der Waals surface area contributed by atoms with E-state index in [0.717, 1.165) is 37.9 Å². The predicted octanol–water partition coefficient (Wildman–Crippen LogP) is 5.01. The molecule has 8 nitrogen and oxygen atoms in total. The van der Waals surface area contributed by atoms with Crippen molar-refractivity contribution in [3.63, 3.8) is 0 Å². The zero-order chi connectivity index (χ0) is 26.1. The van der Waals surface area contributed by atoms with E-state index in [0.29, 0.717) is 35.4 Å². The Morgan fingerprint density at radius 1 is 0.973 bits per heavy atom. The maximum atomic E-state index is 12.7. The van der Waals surface area contributed by atoms with Crippen molar-refractivity contribution in [3.8, 4) is 11.8 Å². The Morgan fingerprint density at radius 2 is 1.76 bits per heavy atom. The van der Waals surface area contributed by atoms with Crippen molar-refractivity contribution in [3.05, 3.63) is 71.7 Å². The van der Waals surface area contributed by atoms with Crippen LogP contribution in [0.2, 0.25) is 0 Å². The molecular weight excluding hydrogens is 483 g/mol. The van der Waals surface area contributed by atoms with Crippen molar-refractivity contribution in [2.24, 2.45) is 5.92 Å². The summed E-state index contributed by atoms with van der Waals surface area (Å²) in [5.74, 6) is 0.748. The van der Waals surface area contributed by atoms with E-state index in [2.05, 4.69) is 41.7 Å². The Bertz CT molecular complexity index is 1190. The SMILES string of the molecule is N#Cc1cnc(NCc2ccccc2OC(F)(F)F)nc1NC[C@H]1CC[C@H](NCc2ccccn2)CC1. The molecule has 3 N–H and O–H groups in total. The van der Waals surface area contributed by atoms with Crippen LogP contribution in [0.1, 0.15) is 42.5 Å². The third kappa shape index (κ3) is 8.05. The molecule has 3 aromatic rings. The monoisotopic (exact) mass is 511 g/mol. The van der Waals surface area contributed by atoms with Gasteiger partial charge in [-0.05, 0) is 49.8 Å². The molecule has 0 bridgehead atoms. The molecule has 0 spiro atoms. The zero-order valence-corrected chi connectivity index (χ0v) is 20.1. The molecule has 0 amide bonds. The van der Waals surface area contributed by atoms with Gasteiger partial charge in [-0.2, -0.15) is 10.2 Å². The Morgan fingerprint density at radius 3 is 2.49 bits per heavy atom. The van der Waals surface area contributed by atoms with Crippen molar-refractivity contribution in [2.75, 3.05) is 17.2 Å². The topological polar surface area (TPSA) is 108 Å². The summed E-state index contributed by atoms with van der Waals surface area (Å²) in [6.45, 7) is 1.44. The van der Waals surface area contributed by atoms with Crippen molar-refractivity contribution in [2.45, 2.75) is 51.2 Å². The fourth-order valence-corrected chi connectivity index (χ4v) is 4.30. The van der Waals surface area contributed by atoms with Crippen LogP contribution in [0.5, 0.6) is 5.75 Å². The minimum absolute atomic E-state index is 0.0209. The van der Waals surface area contributed by atoms with Crippen LogP contribution in [-0.4, -0.2) is 33.9 Å². The molecule has 1 aliphatic carbocycles. The van der Waals surface area contributed by atoms with Crippen LogP contribution in [0.25, 0.3) is 0 Å². The van der Waals surface area contributed by atoms with Gasteiger partial charge in [0.25, 0.3) is 0 Å². The number of hydrogen-bond donors (Lipinski definition) is 3. The second kappa shape index (κ2) is 12.4. The Kier molecular flexibility index (Phi) is 8.74. The van der Waals surface area contributed by atoms with Gasteiger partial charge in [0.2, 0.25) is 5.95 Å². The Balaban J connectivity index is 1.28. The highest BCUT2D eigenvalue weighted by Crippen LogP contribution is 2.27. The molecule has 0 atom stereocenters. The second-order valence-electron chi connectivity index (χ2n) is 8.88. The number of pyridine rings is 1. The minimum Gasteiger partial charge on any atom is -0.405 e. The largest absolute Gasteiger partial charge is 0.573 e. The lowest BCUT2D eigenvalue weighted by Crippen LogP contribution is -2.34. The second-order valence-corrected chi connectivity index (χ2v) is 8.88. The van der Waals surface area contributed by atoms with Gasteiger partial charge in [0.1, 0.15) is 23.2 Å². The predicted molar refractivity (Wildman–Crippen MR) is 133 cm³/mol. The Labute approximate surface area is 213 Å². The lowest BCUT2D eigenvalue weighted by atomic mass is 9.86. The highest BCUT2D eigenvalue weighted by molar-refractivity contribution is 5.53. The fourth-order valence-electron chi connectivity index (χ4n) is 4.30. The fraction of sp³-hybridized carbons (Fsp3) is 0.385. The number of aromatic nitrogens is 3. The highest BCUT2D eigenvalue weighted by atomic mass is 19.4. The van der Waals surface area contributed by atoms with Crippen molar-refractivity contribution in [1.29, 1.82) is 5.26 Å². The summed E-state index contributed by atoms with van der Waals surface area (Å²) in [5, 5.41) is 19.2. The number of nitrogens with zero attached hydrogens (tertiary/aromatic N) is 4. The van der Waals surface area contributed by atoms with Gasteiger partial charge in [0, 0.05) is 37.4 Å². The average molecular weight is 512 g/mol. The van der Waals surface area contributed by atoms with Crippen LogP contribution in [0, 0.1) is 17.2 Å². The van der Waals surface area contributed by atoms with Crippen LogP contribution in [-0.2, 0) is 13.1 Å². The molecule has 0 unspecified atom stereocenters. The lowest BCUT2D eigenvalue weighted by Gasteiger charge is -2.29. The molecule has 2 aromatic heterocycles. The van der Waals surface area contributed by atoms with Crippen LogP contribution in [0.4, 0.5) is 24.9 Å². The average Bonchev–Trinajstić information content (AvgIpc) is 2.90. The number of rotatable bonds is 10. The molecule has 2 heterocycles. The first kappa shape index (κ1) is 26.2. The summed E-state index contributed by atoms with van der Waals surface area (Å²) < 4.78 is 42.1. The van der Waals surface area contributed by atoms with Crippen LogP contribution in [0.3, 0.4) is 0 Å². The molecule has 0 aliphatic heterocycles. The van der Waals surface area contributed by atoms with Gasteiger partial charge < -0.3 is 20.7 Å². The van der Waals surface area contributed by atoms with Crippen molar-refractivity contribution in [1.82, 2.24) is 20.3 Å². The molecule has 194 valence electrons. The Hall–Kier alpha value is -3.91. The third-order valence-electron chi connectivity index (χ3n) is 6.25. The van der Waals surface area contributed by atoms with E-state index in [9.17, 15) is 18.4 Å². The number of para-hydroxylation sites is 1. The summed E-state index contributed by atoms with van der Waals surface area (Å²) in [4.78, 5) is 12.9. The quantitative estimate of drug-likeness (QED) is 0.349. The standard InChI is InChI=1S/C26H28F3N7O/c27-26(28,29)37-23-7-2-1-5-19(23)15-34-25-35-16-20(13-30)24(36-25)33-14-18-8-10-21(11-9-18)32-17-22-6-3-4-12-31-22/h1-7,12,16,18,21,32H,8-11,14-15,17H2,(H2,33,34,35,36)/t18-,21-. The number of benzene rings is 1. The molecule has 11 heteroatoms. The number of anilines is 2. The van der Waals surface area contributed by atoms with Gasteiger partial charge in [-0.1, -0.05) is 24.3 Å². The number of nitrogens with one attached hydrogen (secondary N) is 3. The van der Waals surface area contributed by atoms with E-state index in [1.165, 1.54) is 24.4 Å². The van der Waals surface area contributed by atoms with Gasteiger partial charge >= 0.3 is 6.36 Å². The first-order chi connectivity index (χ1) is 17.9. The smallest absolute Gasteiger partial charge is 0.405 e. The van der Waals surface area contributed by atoms with Crippen LogP contribution >= 0.6 is 0 Å². The highest BCUT2D eigenvalue weighted by Gasteiger charge is 2.32. The first-order valence-corrected chi connectivity index (χ1v) is 12.1. The normalized spacial score (nSPS) is 17.6. The molecule has 37 heavy (non-hydrogen) atoms. The van der Waals surface area contributed by atoms with E-state index in [1.54, 1.807) is 12.3 Å². The van der Waals surface area contributed by atoms with E-state index in [-0.39, 0.29) is 18.2 Å². The summed E-state index contributed by atoms with van der Waals surface area (Å²) in [6, 6.07) is 14.3. The number of alkyl halides is 3. The van der Waals surface area contributed by atoms with Gasteiger partial charge in [0.15, 0.2) is 0 Å². The van der Waals surface area contributed by atoms with Crippen molar-refractivity contribution < 1.29 is 17.9 Å². The number of ether oxygens (including phenoxy) is 1. The van der Waals surface area contributed by atoms with Gasteiger partial charge in [-0.3, -0.25) is 4.98 Å². The van der Waals surface area contributed by atoms with E-state index in [1.807, 2.05) is 18.2 Å². The summed E-state index contributed by atoms with van der Waals surface area (Å²) in [6.07, 6.45) is 2.60. The summed E-state index contributed by atoms with van der Waals surface area (Å²) in [7, 11) is 0. The molecule has 1 saturated carbocycles. The maximum Gasteiger partial charge on any atom is 0.573 e. The molecule has 0 saturated heterocycles. The third-order valence-corrected chi connectivity index (χ3v) is 6.25. The van der Waals surface area contributed by atoms with Crippen LogP contribution < -0.4 is 20.7 Å². The van der Waals surface area contributed by atoms with Crippen LogP contribution in [0.15, 0.2) is 54.9 Å². The minimum atomic E-state index is -4.79. The maximum absolute atomic E-state index is 12.7. The molecule has 1 aliphatic rings. The number of halogens is 3. The van der Waals surface area contributed by atoms with E-state index >= 15 is 0 Å². The molecule has 0 radical (unpaired) electrons. The summed E-state index contributed by atoms with van der Waals surface area (Å²) >= 11 is 0. The molecule has 4 rings (SSSR count). The van der Waals surface area contributed by atoms with E-state index < -0.39 is 6.36 Å². The van der Waals surface area contributed by atoms with Gasteiger partial charge in [-0.15, -0.1) is 13.2 Å². The number of hydrogen-bond acceptors (Lipinski definition) is 8. The molecular formula is C26H28F3N7O. The van der Waals surface area contributed by atoms with Gasteiger partial charge in [-0.25, -0.2) is 4.98 Å².